The molecule has 1 unspecified atom stereocenters. The fourth-order valence-electron chi connectivity index (χ4n) is 2.12. The monoisotopic (exact) mass is 289 g/mol. The van der Waals surface area contributed by atoms with Crippen molar-refractivity contribution in [1.29, 1.82) is 0 Å². The highest BCUT2D eigenvalue weighted by Gasteiger charge is 2.11. The van der Waals surface area contributed by atoms with E-state index in [2.05, 4.69) is 0 Å². The molecule has 112 valence electrons. The Morgan fingerprint density at radius 2 is 1.76 bits per heavy atom. The quantitative estimate of drug-likeness (QED) is 0.850. The Balaban J connectivity index is 1.76. The lowest BCUT2D eigenvalue weighted by Gasteiger charge is -2.21. The van der Waals surface area contributed by atoms with Crippen LogP contribution in [0, 0.1) is 5.82 Å². The number of likely N-dealkylation sites (N-methyl/N-ethyl adjacent to an activating group) is 1. The summed E-state index contributed by atoms with van der Waals surface area (Å²) in [6.07, 6.45) is -0.668. The summed E-state index contributed by atoms with van der Waals surface area (Å²) in [5.74, 6) is -0.246. The third kappa shape index (κ3) is 5.17. The van der Waals surface area contributed by atoms with Crippen LogP contribution in [-0.2, 0) is 6.54 Å². The van der Waals surface area contributed by atoms with E-state index in [1.54, 1.807) is 18.2 Å². The molecule has 0 spiro atoms. The molecule has 0 saturated heterocycles. The molecule has 0 fully saturated rings. The van der Waals surface area contributed by atoms with Gasteiger partial charge in [0, 0.05) is 13.1 Å². The second kappa shape index (κ2) is 7.76. The summed E-state index contributed by atoms with van der Waals surface area (Å²) in [5.41, 5.74) is 1.18. The summed E-state index contributed by atoms with van der Waals surface area (Å²) < 4.78 is 18.7. The molecule has 2 aromatic carbocycles. The standard InChI is InChI=1S/C17H20FNO2/c1-19(11-14-7-3-2-4-8-14)12-15(20)13-21-17-10-6-5-9-16(17)18/h2-10,15,20H,11-13H2,1H3. The van der Waals surface area contributed by atoms with Crippen LogP contribution in [0.4, 0.5) is 4.39 Å². The third-order valence-electron chi connectivity index (χ3n) is 3.09. The number of para-hydroxylation sites is 1. The van der Waals surface area contributed by atoms with Crippen LogP contribution in [0.15, 0.2) is 54.6 Å². The first-order valence-corrected chi connectivity index (χ1v) is 6.93. The Bertz CT molecular complexity index is 547. The molecule has 0 aliphatic heterocycles. The van der Waals surface area contributed by atoms with Gasteiger partial charge in [-0.2, -0.15) is 0 Å². The molecule has 4 heteroatoms. The van der Waals surface area contributed by atoms with Gasteiger partial charge in [-0.3, -0.25) is 4.90 Å². The van der Waals surface area contributed by atoms with Crippen LogP contribution in [0.1, 0.15) is 5.56 Å². The normalized spacial score (nSPS) is 12.4. The van der Waals surface area contributed by atoms with Crippen molar-refractivity contribution in [3.8, 4) is 5.75 Å². The smallest absolute Gasteiger partial charge is 0.165 e. The molecular weight excluding hydrogens is 269 g/mol. The molecular formula is C17H20FNO2. The second-order valence-electron chi connectivity index (χ2n) is 5.08. The average Bonchev–Trinajstić information content (AvgIpc) is 2.47. The van der Waals surface area contributed by atoms with E-state index in [4.69, 9.17) is 4.74 Å². The van der Waals surface area contributed by atoms with Gasteiger partial charge in [0.1, 0.15) is 12.7 Å². The summed E-state index contributed by atoms with van der Waals surface area (Å²) in [7, 11) is 1.93. The van der Waals surface area contributed by atoms with Crippen LogP contribution < -0.4 is 4.74 Å². The van der Waals surface area contributed by atoms with Crippen LogP contribution in [-0.4, -0.2) is 36.3 Å². The molecule has 1 N–H and O–H groups in total. The summed E-state index contributed by atoms with van der Waals surface area (Å²) >= 11 is 0. The van der Waals surface area contributed by atoms with E-state index < -0.39 is 11.9 Å². The minimum atomic E-state index is -0.668. The molecule has 1 atom stereocenters. The zero-order valence-electron chi connectivity index (χ0n) is 12.1. The highest BCUT2D eigenvalue weighted by atomic mass is 19.1. The molecule has 21 heavy (non-hydrogen) atoms. The van der Waals surface area contributed by atoms with Gasteiger partial charge in [-0.15, -0.1) is 0 Å². The van der Waals surface area contributed by atoms with E-state index in [0.29, 0.717) is 6.54 Å². The molecule has 0 saturated carbocycles. The topological polar surface area (TPSA) is 32.7 Å². The Labute approximate surface area is 124 Å². The number of aliphatic hydroxyl groups is 1. The van der Waals surface area contributed by atoms with Gasteiger partial charge in [-0.05, 0) is 24.7 Å². The predicted molar refractivity (Wildman–Crippen MR) is 80.7 cm³/mol. The molecule has 0 amide bonds. The Morgan fingerprint density at radius 3 is 2.48 bits per heavy atom. The van der Waals surface area contributed by atoms with Crippen molar-refractivity contribution < 1.29 is 14.2 Å². The van der Waals surface area contributed by atoms with Gasteiger partial charge in [-0.25, -0.2) is 4.39 Å². The first-order chi connectivity index (χ1) is 10.1. The van der Waals surface area contributed by atoms with Gasteiger partial charge in [0.2, 0.25) is 0 Å². The van der Waals surface area contributed by atoms with Crippen molar-refractivity contribution in [1.82, 2.24) is 4.90 Å². The van der Waals surface area contributed by atoms with Gasteiger partial charge < -0.3 is 9.84 Å². The van der Waals surface area contributed by atoms with Crippen LogP contribution in [0.2, 0.25) is 0 Å². The van der Waals surface area contributed by atoms with E-state index in [1.807, 2.05) is 42.3 Å². The number of nitrogens with zero attached hydrogens (tertiary/aromatic N) is 1. The number of hydrogen-bond acceptors (Lipinski definition) is 3. The van der Waals surface area contributed by atoms with Gasteiger partial charge in [-0.1, -0.05) is 42.5 Å². The van der Waals surface area contributed by atoms with Gasteiger partial charge in [0.25, 0.3) is 0 Å². The van der Waals surface area contributed by atoms with Gasteiger partial charge >= 0.3 is 0 Å². The zero-order valence-corrected chi connectivity index (χ0v) is 12.1. The van der Waals surface area contributed by atoms with Crippen LogP contribution in [0.3, 0.4) is 0 Å². The maximum atomic E-state index is 13.4. The molecule has 0 aromatic heterocycles. The minimum Gasteiger partial charge on any atom is -0.488 e. The van der Waals surface area contributed by atoms with Gasteiger partial charge in [0.15, 0.2) is 11.6 Å². The maximum Gasteiger partial charge on any atom is 0.165 e. The highest BCUT2D eigenvalue weighted by Crippen LogP contribution is 2.15. The number of hydrogen-bond donors (Lipinski definition) is 1. The molecule has 0 bridgehead atoms. The lowest BCUT2D eigenvalue weighted by molar-refractivity contribution is 0.0728. The largest absolute Gasteiger partial charge is 0.488 e. The van der Waals surface area contributed by atoms with Crippen LogP contribution >= 0.6 is 0 Å². The molecule has 0 heterocycles. The van der Waals surface area contributed by atoms with E-state index in [-0.39, 0.29) is 12.4 Å². The van der Waals surface area contributed by atoms with E-state index in [0.717, 1.165) is 6.54 Å². The number of aliphatic hydroxyl groups excluding tert-OH is 1. The molecule has 0 aliphatic carbocycles. The molecule has 2 rings (SSSR count). The Hall–Kier alpha value is -1.91. The Morgan fingerprint density at radius 1 is 1.10 bits per heavy atom. The van der Waals surface area contributed by atoms with Crippen molar-refractivity contribution in [2.45, 2.75) is 12.6 Å². The predicted octanol–water partition coefficient (Wildman–Crippen LogP) is 2.70. The SMILES string of the molecule is CN(Cc1ccccc1)CC(O)COc1ccccc1F. The lowest BCUT2D eigenvalue weighted by atomic mass is 10.2. The molecule has 2 aromatic rings. The van der Waals surface area contributed by atoms with Crippen molar-refractivity contribution in [3.05, 3.63) is 66.0 Å². The first-order valence-electron chi connectivity index (χ1n) is 6.93. The van der Waals surface area contributed by atoms with E-state index >= 15 is 0 Å². The lowest BCUT2D eigenvalue weighted by Crippen LogP contribution is -2.32. The highest BCUT2D eigenvalue weighted by molar-refractivity contribution is 5.23. The summed E-state index contributed by atoms with van der Waals surface area (Å²) in [6, 6.07) is 16.2. The first kappa shape index (κ1) is 15.5. The third-order valence-corrected chi connectivity index (χ3v) is 3.09. The number of rotatable bonds is 7. The van der Waals surface area contributed by atoms with Crippen molar-refractivity contribution in [2.75, 3.05) is 20.2 Å². The average molecular weight is 289 g/mol. The van der Waals surface area contributed by atoms with Crippen LogP contribution in [0.25, 0.3) is 0 Å². The molecule has 0 radical (unpaired) electrons. The summed E-state index contributed by atoms with van der Waals surface area (Å²) in [5, 5.41) is 9.96. The van der Waals surface area contributed by atoms with Gasteiger partial charge in [0.05, 0.1) is 0 Å². The Kier molecular flexibility index (Phi) is 5.72. The fourth-order valence-corrected chi connectivity index (χ4v) is 2.12. The van der Waals surface area contributed by atoms with Crippen molar-refractivity contribution in [3.63, 3.8) is 0 Å². The van der Waals surface area contributed by atoms with Crippen molar-refractivity contribution in [2.24, 2.45) is 0 Å². The van der Waals surface area contributed by atoms with E-state index in [9.17, 15) is 9.50 Å². The number of ether oxygens (including phenoxy) is 1. The zero-order chi connectivity index (χ0) is 15.1. The second-order valence-corrected chi connectivity index (χ2v) is 5.08. The molecule has 3 nitrogen and oxygen atoms in total. The summed E-state index contributed by atoms with van der Waals surface area (Å²) in [6.45, 7) is 1.28. The van der Waals surface area contributed by atoms with E-state index in [1.165, 1.54) is 11.6 Å². The molecule has 0 aliphatic rings. The fraction of sp³-hybridized carbons (Fsp3) is 0.294. The number of halogens is 1. The summed E-state index contributed by atoms with van der Waals surface area (Å²) in [4.78, 5) is 2.00. The number of benzene rings is 2. The maximum absolute atomic E-state index is 13.4. The minimum absolute atomic E-state index is 0.0695. The van der Waals surface area contributed by atoms with Crippen molar-refractivity contribution >= 4 is 0 Å². The van der Waals surface area contributed by atoms with Crippen LogP contribution in [0.5, 0.6) is 5.75 Å².